The summed E-state index contributed by atoms with van der Waals surface area (Å²) in [6.07, 6.45) is 9.82. The SMILES string of the molecule is CN1CCCC[C@@H]1c1cccnc1NC1CCC1. The number of hydrogen-bond donors (Lipinski definition) is 1. The second-order valence-corrected chi connectivity index (χ2v) is 5.71. The minimum absolute atomic E-state index is 0.551. The Hall–Kier alpha value is -1.09. The zero-order chi connectivity index (χ0) is 12.4. The van der Waals surface area contributed by atoms with Crippen molar-refractivity contribution in [2.75, 3.05) is 18.9 Å². The lowest BCUT2D eigenvalue weighted by Crippen LogP contribution is -2.32. The van der Waals surface area contributed by atoms with Crippen molar-refractivity contribution < 1.29 is 0 Å². The third-order valence-electron chi connectivity index (χ3n) is 4.41. The van der Waals surface area contributed by atoms with Gasteiger partial charge in [0.2, 0.25) is 0 Å². The van der Waals surface area contributed by atoms with Crippen molar-refractivity contribution in [2.24, 2.45) is 0 Å². The number of likely N-dealkylation sites (tertiary alicyclic amines) is 1. The summed E-state index contributed by atoms with van der Waals surface area (Å²) in [5.41, 5.74) is 1.40. The Morgan fingerprint density at radius 2 is 2.11 bits per heavy atom. The zero-order valence-electron chi connectivity index (χ0n) is 11.2. The molecule has 18 heavy (non-hydrogen) atoms. The maximum absolute atomic E-state index is 4.57. The van der Waals surface area contributed by atoms with Gasteiger partial charge in [-0.15, -0.1) is 0 Å². The fourth-order valence-corrected chi connectivity index (χ4v) is 3.02. The Labute approximate surface area is 110 Å². The molecule has 1 aliphatic heterocycles. The lowest BCUT2D eigenvalue weighted by molar-refractivity contribution is 0.187. The van der Waals surface area contributed by atoms with Gasteiger partial charge in [0.1, 0.15) is 5.82 Å². The highest BCUT2D eigenvalue weighted by atomic mass is 15.1. The number of pyridine rings is 1. The van der Waals surface area contributed by atoms with Gasteiger partial charge >= 0.3 is 0 Å². The second-order valence-electron chi connectivity index (χ2n) is 5.71. The van der Waals surface area contributed by atoms with E-state index in [4.69, 9.17) is 0 Å². The molecule has 0 spiro atoms. The van der Waals surface area contributed by atoms with E-state index in [9.17, 15) is 0 Å². The normalized spacial score (nSPS) is 25.7. The van der Waals surface area contributed by atoms with E-state index in [0.29, 0.717) is 12.1 Å². The Balaban J connectivity index is 1.80. The molecule has 98 valence electrons. The van der Waals surface area contributed by atoms with Crippen LogP contribution in [-0.2, 0) is 0 Å². The largest absolute Gasteiger partial charge is 0.367 e. The third kappa shape index (κ3) is 2.37. The molecule has 3 heteroatoms. The van der Waals surface area contributed by atoms with Crippen LogP contribution in [0.1, 0.15) is 50.1 Å². The van der Waals surface area contributed by atoms with Crippen molar-refractivity contribution >= 4 is 5.82 Å². The van der Waals surface area contributed by atoms with Gasteiger partial charge < -0.3 is 5.32 Å². The highest BCUT2D eigenvalue weighted by Crippen LogP contribution is 2.34. The molecule has 0 radical (unpaired) electrons. The van der Waals surface area contributed by atoms with Gasteiger partial charge in [0.05, 0.1) is 0 Å². The first-order valence-electron chi connectivity index (χ1n) is 7.26. The summed E-state index contributed by atoms with van der Waals surface area (Å²) >= 11 is 0. The molecular weight excluding hydrogens is 222 g/mol. The number of nitrogens with zero attached hydrogens (tertiary/aromatic N) is 2. The Morgan fingerprint density at radius 3 is 2.83 bits per heavy atom. The highest BCUT2D eigenvalue weighted by Gasteiger charge is 2.25. The van der Waals surface area contributed by atoms with E-state index in [1.807, 2.05) is 6.20 Å². The maximum atomic E-state index is 4.57. The first kappa shape index (κ1) is 12.0. The lowest BCUT2D eigenvalue weighted by atomic mass is 9.92. The molecular formula is C15H23N3. The van der Waals surface area contributed by atoms with Crippen molar-refractivity contribution in [1.29, 1.82) is 0 Å². The summed E-state index contributed by atoms with van der Waals surface area (Å²) in [7, 11) is 2.24. The van der Waals surface area contributed by atoms with Crippen LogP contribution in [0.2, 0.25) is 0 Å². The van der Waals surface area contributed by atoms with Crippen LogP contribution in [0.4, 0.5) is 5.82 Å². The minimum atomic E-state index is 0.551. The van der Waals surface area contributed by atoms with E-state index >= 15 is 0 Å². The van der Waals surface area contributed by atoms with E-state index in [1.54, 1.807) is 0 Å². The number of nitrogens with one attached hydrogen (secondary N) is 1. The molecule has 0 bridgehead atoms. The molecule has 1 N–H and O–H groups in total. The molecule has 2 fully saturated rings. The van der Waals surface area contributed by atoms with Crippen LogP contribution in [0, 0.1) is 0 Å². The van der Waals surface area contributed by atoms with Crippen molar-refractivity contribution in [2.45, 2.75) is 50.6 Å². The van der Waals surface area contributed by atoms with Gasteiger partial charge in [-0.2, -0.15) is 0 Å². The van der Waals surface area contributed by atoms with Gasteiger partial charge in [0, 0.05) is 23.8 Å². The maximum Gasteiger partial charge on any atom is 0.130 e. The van der Waals surface area contributed by atoms with Crippen molar-refractivity contribution in [3.05, 3.63) is 23.9 Å². The molecule has 0 amide bonds. The molecule has 0 unspecified atom stereocenters. The van der Waals surface area contributed by atoms with Gasteiger partial charge in [-0.3, -0.25) is 4.90 Å². The molecule has 1 saturated carbocycles. The van der Waals surface area contributed by atoms with Crippen LogP contribution in [0.25, 0.3) is 0 Å². The monoisotopic (exact) mass is 245 g/mol. The number of aromatic nitrogens is 1. The van der Waals surface area contributed by atoms with E-state index in [0.717, 1.165) is 5.82 Å². The zero-order valence-corrected chi connectivity index (χ0v) is 11.2. The smallest absolute Gasteiger partial charge is 0.130 e. The molecule has 2 aliphatic rings. The standard InChI is InChI=1S/C15H23N3/c1-18-11-3-2-9-14(18)13-8-5-10-16-15(13)17-12-6-4-7-12/h5,8,10,12,14H,2-4,6-7,9,11H2,1H3,(H,16,17)/t14-/m1/s1. The van der Waals surface area contributed by atoms with Gasteiger partial charge in [0.15, 0.2) is 0 Å². The van der Waals surface area contributed by atoms with Crippen LogP contribution in [0.15, 0.2) is 18.3 Å². The van der Waals surface area contributed by atoms with E-state index in [1.165, 1.54) is 50.6 Å². The topological polar surface area (TPSA) is 28.2 Å². The van der Waals surface area contributed by atoms with Crippen LogP contribution in [0.5, 0.6) is 0 Å². The van der Waals surface area contributed by atoms with Gasteiger partial charge in [-0.1, -0.05) is 12.5 Å². The Bertz CT molecular complexity index is 400. The summed E-state index contributed by atoms with van der Waals surface area (Å²) in [6, 6.07) is 5.53. The van der Waals surface area contributed by atoms with Gasteiger partial charge in [-0.05, 0) is 51.8 Å². The lowest BCUT2D eigenvalue weighted by Gasteiger charge is -2.35. The summed E-state index contributed by atoms with van der Waals surface area (Å²) in [5.74, 6) is 1.13. The summed E-state index contributed by atoms with van der Waals surface area (Å²) in [4.78, 5) is 7.05. The first-order valence-corrected chi connectivity index (χ1v) is 7.26. The van der Waals surface area contributed by atoms with Crippen LogP contribution < -0.4 is 5.32 Å². The molecule has 3 nitrogen and oxygen atoms in total. The average molecular weight is 245 g/mol. The molecule has 1 aromatic rings. The number of rotatable bonds is 3. The van der Waals surface area contributed by atoms with Crippen LogP contribution in [0.3, 0.4) is 0 Å². The average Bonchev–Trinajstić information content (AvgIpc) is 2.35. The first-order chi connectivity index (χ1) is 8.84. The fourth-order valence-electron chi connectivity index (χ4n) is 3.02. The Morgan fingerprint density at radius 1 is 1.22 bits per heavy atom. The number of anilines is 1. The van der Waals surface area contributed by atoms with Gasteiger partial charge in [0.25, 0.3) is 0 Å². The second kappa shape index (κ2) is 5.27. The predicted molar refractivity (Wildman–Crippen MR) is 74.7 cm³/mol. The van der Waals surface area contributed by atoms with E-state index in [-0.39, 0.29) is 0 Å². The number of piperidine rings is 1. The molecule has 2 heterocycles. The highest BCUT2D eigenvalue weighted by molar-refractivity contribution is 5.47. The van der Waals surface area contributed by atoms with Gasteiger partial charge in [-0.25, -0.2) is 4.98 Å². The predicted octanol–water partition coefficient (Wildman–Crippen LogP) is 3.20. The van der Waals surface area contributed by atoms with E-state index < -0.39 is 0 Å². The van der Waals surface area contributed by atoms with E-state index in [2.05, 4.69) is 34.4 Å². The minimum Gasteiger partial charge on any atom is -0.367 e. The summed E-state index contributed by atoms with van der Waals surface area (Å²) in [5, 5.41) is 3.63. The van der Waals surface area contributed by atoms with Crippen LogP contribution in [-0.4, -0.2) is 29.5 Å². The molecule has 1 aromatic heterocycles. The Kier molecular flexibility index (Phi) is 3.50. The van der Waals surface area contributed by atoms with Crippen molar-refractivity contribution in [1.82, 2.24) is 9.88 Å². The fraction of sp³-hybridized carbons (Fsp3) is 0.667. The number of hydrogen-bond acceptors (Lipinski definition) is 3. The van der Waals surface area contributed by atoms with Crippen molar-refractivity contribution in [3.63, 3.8) is 0 Å². The van der Waals surface area contributed by atoms with Crippen molar-refractivity contribution in [3.8, 4) is 0 Å². The van der Waals surface area contributed by atoms with Crippen LogP contribution >= 0.6 is 0 Å². The third-order valence-corrected chi connectivity index (χ3v) is 4.41. The summed E-state index contributed by atoms with van der Waals surface area (Å²) < 4.78 is 0. The molecule has 1 saturated heterocycles. The summed E-state index contributed by atoms with van der Waals surface area (Å²) in [6.45, 7) is 1.21. The quantitative estimate of drug-likeness (QED) is 0.886. The molecule has 1 aliphatic carbocycles. The molecule has 0 aromatic carbocycles. The molecule has 1 atom stereocenters. The molecule has 3 rings (SSSR count).